The van der Waals surface area contributed by atoms with E-state index in [0.717, 1.165) is 5.56 Å². The van der Waals surface area contributed by atoms with Crippen LogP contribution in [0.2, 0.25) is 0 Å². The summed E-state index contributed by atoms with van der Waals surface area (Å²) in [7, 11) is 2.43. The van der Waals surface area contributed by atoms with Crippen molar-refractivity contribution >= 4 is 75.7 Å². The fraction of sp³-hybridized carbons (Fsp3) is 0.429. The fourth-order valence-corrected chi connectivity index (χ4v) is 5.16. The smallest absolute Gasteiger partial charge is 0.335 e. The van der Waals surface area contributed by atoms with E-state index < -0.39 is 21.1 Å². The summed E-state index contributed by atoms with van der Waals surface area (Å²) in [6.07, 6.45) is 0. The van der Waals surface area contributed by atoms with Crippen LogP contribution >= 0.6 is 63.7 Å². The molecule has 1 aromatic rings. The van der Waals surface area contributed by atoms with Crippen LogP contribution in [0.5, 0.6) is 0 Å². The number of hydrogen-bond acceptors (Lipinski definition) is 4. The Kier molecular flexibility index (Phi) is 8.05. The molecule has 0 spiro atoms. The lowest BCUT2D eigenvalue weighted by molar-refractivity contribution is -0.155. The third-order valence-corrected chi connectivity index (χ3v) is 9.61. The summed E-state index contributed by atoms with van der Waals surface area (Å²) >= 11 is 13.7. The molecule has 0 aliphatic heterocycles. The van der Waals surface area contributed by atoms with Crippen LogP contribution in [-0.2, 0) is 19.1 Å². The molecule has 22 heavy (non-hydrogen) atoms. The Hall–Kier alpha value is 0.0800. The first kappa shape index (κ1) is 20.1. The molecule has 0 N–H and O–H groups in total. The standard InChI is InChI=1S/C14H14Br4O4/c1-21-12(19)14(18,13(20)22-2)11(17)10(16)9(15)8-6-4-3-5-7-8/h3-7,9-11H,1-2H3/t9-,10-,11-/m1/s1. The van der Waals surface area contributed by atoms with Gasteiger partial charge in [-0.15, -0.1) is 0 Å². The van der Waals surface area contributed by atoms with Gasteiger partial charge in [-0.05, 0) is 5.56 Å². The molecule has 0 amide bonds. The van der Waals surface area contributed by atoms with Gasteiger partial charge < -0.3 is 9.47 Å². The maximum absolute atomic E-state index is 12.1. The third kappa shape index (κ3) is 4.13. The molecule has 0 aliphatic carbocycles. The third-order valence-electron chi connectivity index (χ3n) is 3.02. The number of alkyl halides is 4. The minimum Gasteiger partial charge on any atom is -0.467 e. The van der Waals surface area contributed by atoms with E-state index in [9.17, 15) is 9.59 Å². The van der Waals surface area contributed by atoms with E-state index in [4.69, 9.17) is 9.47 Å². The predicted molar refractivity (Wildman–Crippen MR) is 99.2 cm³/mol. The van der Waals surface area contributed by atoms with Crippen molar-refractivity contribution in [3.63, 3.8) is 0 Å². The molecule has 0 heterocycles. The highest BCUT2D eigenvalue weighted by Gasteiger charge is 2.55. The van der Waals surface area contributed by atoms with Crippen LogP contribution in [0.3, 0.4) is 0 Å². The fourth-order valence-electron chi connectivity index (χ4n) is 1.79. The molecule has 0 fully saturated rings. The number of halogens is 4. The van der Waals surface area contributed by atoms with Crippen molar-refractivity contribution < 1.29 is 19.1 Å². The van der Waals surface area contributed by atoms with E-state index >= 15 is 0 Å². The van der Waals surface area contributed by atoms with Crippen molar-refractivity contribution in [2.24, 2.45) is 0 Å². The van der Waals surface area contributed by atoms with Gasteiger partial charge in [0.2, 0.25) is 4.32 Å². The van der Waals surface area contributed by atoms with Gasteiger partial charge in [-0.2, -0.15) is 0 Å². The van der Waals surface area contributed by atoms with Crippen LogP contribution in [0.25, 0.3) is 0 Å². The number of esters is 2. The van der Waals surface area contributed by atoms with Gasteiger partial charge in [0, 0.05) is 4.83 Å². The van der Waals surface area contributed by atoms with Gasteiger partial charge in [-0.1, -0.05) is 94.1 Å². The van der Waals surface area contributed by atoms with E-state index in [1.165, 1.54) is 14.2 Å². The molecule has 122 valence electrons. The van der Waals surface area contributed by atoms with Crippen LogP contribution in [0.4, 0.5) is 0 Å². The largest absolute Gasteiger partial charge is 0.467 e. The zero-order chi connectivity index (χ0) is 16.9. The van der Waals surface area contributed by atoms with Crippen LogP contribution in [-0.4, -0.2) is 40.1 Å². The normalized spacial score (nSPS) is 15.5. The van der Waals surface area contributed by atoms with E-state index in [2.05, 4.69) is 63.7 Å². The molecule has 4 nitrogen and oxygen atoms in total. The number of ether oxygens (including phenoxy) is 2. The van der Waals surface area contributed by atoms with Crippen LogP contribution in [0.15, 0.2) is 30.3 Å². The number of methoxy groups -OCH3 is 2. The molecule has 0 saturated heterocycles. The Morgan fingerprint density at radius 3 is 1.86 bits per heavy atom. The van der Waals surface area contributed by atoms with E-state index in [1.807, 2.05) is 30.3 Å². The lowest BCUT2D eigenvalue weighted by Crippen LogP contribution is -2.53. The van der Waals surface area contributed by atoms with Crippen molar-refractivity contribution in [2.45, 2.75) is 18.8 Å². The summed E-state index contributed by atoms with van der Waals surface area (Å²) < 4.78 is 7.82. The quantitative estimate of drug-likeness (QED) is 0.296. The molecule has 8 heteroatoms. The molecule has 0 radical (unpaired) electrons. The number of hydrogen-bond donors (Lipinski definition) is 0. The second-order valence-electron chi connectivity index (χ2n) is 4.35. The van der Waals surface area contributed by atoms with Crippen molar-refractivity contribution in [2.75, 3.05) is 14.2 Å². The molecule has 0 aromatic heterocycles. The number of carbonyl (C=O) groups is 2. The first-order valence-corrected chi connectivity index (χ1v) is 9.67. The Balaban J connectivity index is 3.11. The highest BCUT2D eigenvalue weighted by atomic mass is 79.9. The topological polar surface area (TPSA) is 52.6 Å². The van der Waals surface area contributed by atoms with Gasteiger partial charge in [-0.25, -0.2) is 9.59 Å². The maximum Gasteiger partial charge on any atom is 0.335 e. The molecular formula is C14H14Br4O4. The summed E-state index contributed by atoms with van der Waals surface area (Å²) in [6.45, 7) is 0. The first-order chi connectivity index (χ1) is 10.3. The summed E-state index contributed by atoms with van der Waals surface area (Å²) in [5.74, 6) is -1.48. The van der Waals surface area contributed by atoms with Gasteiger partial charge in [-0.3, -0.25) is 0 Å². The highest BCUT2D eigenvalue weighted by molar-refractivity contribution is 9.14. The Morgan fingerprint density at radius 1 is 1.00 bits per heavy atom. The van der Waals surface area contributed by atoms with Crippen LogP contribution in [0, 0.1) is 0 Å². The lowest BCUT2D eigenvalue weighted by atomic mass is 9.99. The molecule has 1 rings (SSSR count). The van der Waals surface area contributed by atoms with Crippen molar-refractivity contribution in [3.05, 3.63) is 35.9 Å². The molecular weight excluding hydrogens is 552 g/mol. The molecule has 0 bridgehead atoms. The summed E-state index contributed by atoms with van der Waals surface area (Å²) in [6, 6.07) is 9.62. The molecule has 0 unspecified atom stereocenters. The van der Waals surface area contributed by atoms with Gasteiger partial charge in [0.25, 0.3) is 0 Å². The van der Waals surface area contributed by atoms with E-state index in [1.54, 1.807) is 0 Å². The number of benzene rings is 1. The lowest BCUT2D eigenvalue weighted by Gasteiger charge is -2.32. The van der Waals surface area contributed by atoms with Crippen molar-refractivity contribution in [1.82, 2.24) is 0 Å². The van der Waals surface area contributed by atoms with Gasteiger partial charge in [0.15, 0.2) is 0 Å². The molecule has 1 aromatic carbocycles. The first-order valence-electron chi connectivity index (χ1n) is 6.13. The second-order valence-corrected chi connectivity index (χ2v) is 8.63. The Labute approximate surface area is 162 Å². The Morgan fingerprint density at radius 2 is 1.45 bits per heavy atom. The highest BCUT2D eigenvalue weighted by Crippen LogP contribution is 2.43. The number of rotatable bonds is 6. The SMILES string of the molecule is COC(=O)C(Br)(C(=O)OC)[C@H](Br)[C@H](Br)[C@H](Br)c1ccccc1. The van der Waals surface area contributed by atoms with Gasteiger partial charge >= 0.3 is 11.9 Å². The average Bonchev–Trinajstić information content (AvgIpc) is 2.58. The van der Waals surface area contributed by atoms with Gasteiger partial charge in [0.1, 0.15) is 0 Å². The zero-order valence-corrected chi connectivity index (χ0v) is 18.1. The summed E-state index contributed by atoms with van der Waals surface area (Å²) in [5.41, 5.74) is 0.999. The molecule has 3 atom stereocenters. The van der Waals surface area contributed by atoms with Crippen LogP contribution < -0.4 is 0 Å². The minimum atomic E-state index is -1.66. The minimum absolute atomic E-state index is 0.149. The summed E-state index contributed by atoms with van der Waals surface area (Å²) in [5, 5.41) is 0. The number of carbonyl (C=O) groups excluding carboxylic acids is 2. The Bertz CT molecular complexity index is 507. The summed E-state index contributed by atoms with van der Waals surface area (Å²) in [4.78, 5) is 23.1. The molecule has 0 saturated carbocycles. The molecule has 0 aliphatic rings. The van der Waals surface area contributed by atoms with Crippen molar-refractivity contribution in [1.29, 1.82) is 0 Å². The van der Waals surface area contributed by atoms with E-state index in [-0.39, 0.29) is 9.65 Å². The van der Waals surface area contributed by atoms with Gasteiger partial charge in [0.05, 0.1) is 23.9 Å². The van der Waals surface area contributed by atoms with Crippen LogP contribution in [0.1, 0.15) is 10.4 Å². The zero-order valence-electron chi connectivity index (χ0n) is 11.8. The predicted octanol–water partition coefficient (Wildman–Crippen LogP) is 4.13. The monoisotopic (exact) mass is 562 g/mol. The van der Waals surface area contributed by atoms with E-state index in [0.29, 0.717) is 0 Å². The average molecular weight is 566 g/mol. The maximum atomic E-state index is 12.1. The second kappa shape index (κ2) is 8.80. The van der Waals surface area contributed by atoms with Crippen molar-refractivity contribution in [3.8, 4) is 0 Å².